The predicted molar refractivity (Wildman–Crippen MR) is 93.5 cm³/mol. The highest BCUT2D eigenvalue weighted by molar-refractivity contribution is 6.31. The number of ether oxygens (including phenoxy) is 1. The molecule has 1 fully saturated rings. The number of amides is 2. The van der Waals surface area contributed by atoms with Gasteiger partial charge in [-0.1, -0.05) is 23.7 Å². The van der Waals surface area contributed by atoms with Crippen molar-refractivity contribution in [3.05, 3.63) is 53.3 Å². The van der Waals surface area contributed by atoms with E-state index in [9.17, 15) is 14.0 Å². The molecule has 0 aliphatic carbocycles. The molecular formula is C18H16ClFN2O3. The minimum absolute atomic E-state index is 0.0732. The van der Waals surface area contributed by atoms with E-state index < -0.39 is 11.7 Å². The van der Waals surface area contributed by atoms with Crippen LogP contribution in [0.25, 0.3) is 0 Å². The van der Waals surface area contributed by atoms with E-state index in [0.717, 1.165) is 0 Å². The maximum absolute atomic E-state index is 13.2. The van der Waals surface area contributed by atoms with Crippen LogP contribution in [0, 0.1) is 11.7 Å². The summed E-state index contributed by atoms with van der Waals surface area (Å²) in [6.45, 7) is 0.250. The second-order valence-electron chi connectivity index (χ2n) is 5.70. The largest absolute Gasteiger partial charge is 0.495 e. The maximum atomic E-state index is 13.2. The van der Waals surface area contributed by atoms with Crippen molar-refractivity contribution in [3.8, 4) is 5.75 Å². The number of rotatable bonds is 4. The molecule has 1 heterocycles. The summed E-state index contributed by atoms with van der Waals surface area (Å²) in [5.41, 5.74) is 1.02. The Labute approximate surface area is 149 Å². The molecule has 130 valence electrons. The molecule has 1 saturated heterocycles. The van der Waals surface area contributed by atoms with E-state index in [1.54, 1.807) is 23.1 Å². The molecule has 2 aromatic rings. The number of anilines is 2. The standard InChI is InChI=1S/C18H16ClFN2O3/c1-25-16-5-3-2-4-15(16)22-10-11(8-17(22)23)18(24)21-12-6-7-14(20)13(19)9-12/h2-7,9,11H,8,10H2,1H3,(H,21,24)/t11-/m1/s1. The molecule has 1 aliphatic rings. The molecule has 0 unspecified atom stereocenters. The molecule has 0 spiro atoms. The number of methoxy groups -OCH3 is 1. The first-order valence-electron chi connectivity index (χ1n) is 7.69. The highest BCUT2D eigenvalue weighted by atomic mass is 35.5. The Balaban J connectivity index is 1.73. The number of hydrogen-bond donors (Lipinski definition) is 1. The van der Waals surface area contributed by atoms with Crippen molar-refractivity contribution in [3.63, 3.8) is 0 Å². The average Bonchev–Trinajstić information content (AvgIpc) is 3.00. The van der Waals surface area contributed by atoms with Gasteiger partial charge in [0, 0.05) is 18.7 Å². The van der Waals surface area contributed by atoms with Crippen LogP contribution in [0.1, 0.15) is 6.42 Å². The Morgan fingerprint density at radius 2 is 2.08 bits per heavy atom. The van der Waals surface area contributed by atoms with Crippen molar-refractivity contribution in [2.24, 2.45) is 5.92 Å². The van der Waals surface area contributed by atoms with Gasteiger partial charge in [-0.15, -0.1) is 0 Å². The number of carbonyl (C=O) groups excluding carboxylic acids is 2. The summed E-state index contributed by atoms with van der Waals surface area (Å²) in [6, 6.07) is 11.1. The molecule has 3 rings (SSSR count). The van der Waals surface area contributed by atoms with Crippen LogP contribution in [-0.2, 0) is 9.59 Å². The third kappa shape index (κ3) is 3.58. The third-order valence-electron chi connectivity index (χ3n) is 4.06. The van der Waals surface area contributed by atoms with Crippen molar-refractivity contribution in [1.82, 2.24) is 0 Å². The fourth-order valence-corrected chi connectivity index (χ4v) is 2.97. The number of carbonyl (C=O) groups is 2. The normalized spacial score (nSPS) is 16.8. The van der Waals surface area contributed by atoms with Gasteiger partial charge in [0.1, 0.15) is 11.6 Å². The number of para-hydroxylation sites is 2. The van der Waals surface area contributed by atoms with E-state index in [1.165, 1.54) is 25.3 Å². The van der Waals surface area contributed by atoms with E-state index in [0.29, 0.717) is 17.1 Å². The second-order valence-corrected chi connectivity index (χ2v) is 6.10. The van der Waals surface area contributed by atoms with Gasteiger partial charge in [-0.3, -0.25) is 9.59 Å². The number of halogens is 2. The van der Waals surface area contributed by atoms with Crippen molar-refractivity contribution in [1.29, 1.82) is 0 Å². The van der Waals surface area contributed by atoms with Gasteiger partial charge in [-0.05, 0) is 30.3 Å². The van der Waals surface area contributed by atoms with Crippen LogP contribution in [0.15, 0.2) is 42.5 Å². The molecule has 0 radical (unpaired) electrons. The second kappa shape index (κ2) is 7.11. The van der Waals surface area contributed by atoms with Crippen molar-refractivity contribution >= 4 is 34.8 Å². The fourth-order valence-electron chi connectivity index (χ4n) is 2.79. The monoisotopic (exact) mass is 362 g/mol. The van der Waals surface area contributed by atoms with Gasteiger partial charge >= 0.3 is 0 Å². The summed E-state index contributed by atoms with van der Waals surface area (Å²) in [6.07, 6.45) is 0.0960. The first-order valence-corrected chi connectivity index (χ1v) is 8.06. The zero-order valence-electron chi connectivity index (χ0n) is 13.5. The van der Waals surface area contributed by atoms with Crippen molar-refractivity contribution in [2.75, 3.05) is 23.9 Å². The molecule has 0 saturated carbocycles. The van der Waals surface area contributed by atoms with Crippen LogP contribution in [-0.4, -0.2) is 25.5 Å². The molecule has 7 heteroatoms. The van der Waals surface area contributed by atoms with Gasteiger partial charge in [-0.25, -0.2) is 4.39 Å². The Bertz CT molecular complexity index is 828. The molecule has 2 amide bonds. The van der Waals surface area contributed by atoms with Crippen LogP contribution < -0.4 is 15.0 Å². The summed E-state index contributed by atoms with van der Waals surface area (Å²) in [4.78, 5) is 26.3. The smallest absolute Gasteiger partial charge is 0.229 e. The van der Waals surface area contributed by atoms with Crippen LogP contribution in [0.5, 0.6) is 5.75 Å². The lowest BCUT2D eigenvalue weighted by molar-refractivity contribution is -0.122. The summed E-state index contributed by atoms with van der Waals surface area (Å²) in [5.74, 6) is -0.961. The SMILES string of the molecule is COc1ccccc1N1C[C@H](C(=O)Nc2ccc(F)c(Cl)c2)CC1=O. The van der Waals surface area contributed by atoms with Gasteiger partial charge in [0.2, 0.25) is 11.8 Å². The minimum atomic E-state index is -0.557. The first kappa shape index (κ1) is 17.2. The Morgan fingerprint density at radius 3 is 2.80 bits per heavy atom. The summed E-state index contributed by atoms with van der Waals surface area (Å²) in [5, 5.41) is 2.60. The Morgan fingerprint density at radius 1 is 1.32 bits per heavy atom. The molecule has 1 aliphatic heterocycles. The third-order valence-corrected chi connectivity index (χ3v) is 4.35. The highest BCUT2D eigenvalue weighted by Gasteiger charge is 2.36. The van der Waals surface area contributed by atoms with E-state index >= 15 is 0 Å². The number of hydrogen-bond acceptors (Lipinski definition) is 3. The molecule has 1 N–H and O–H groups in total. The highest BCUT2D eigenvalue weighted by Crippen LogP contribution is 2.33. The fraction of sp³-hybridized carbons (Fsp3) is 0.222. The lowest BCUT2D eigenvalue weighted by Crippen LogP contribution is -2.28. The van der Waals surface area contributed by atoms with E-state index in [4.69, 9.17) is 16.3 Å². The van der Waals surface area contributed by atoms with Gasteiger partial charge in [0.15, 0.2) is 0 Å². The van der Waals surface area contributed by atoms with Crippen LogP contribution in [0.4, 0.5) is 15.8 Å². The Kier molecular flexibility index (Phi) is 4.90. The van der Waals surface area contributed by atoms with E-state index in [1.807, 2.05) is 6.07 Å². The van der Waals surface area contributed by atoms with E-state index in [2.05, 4.69) is 5.32 Å². The van der Waals surface area contributed by atoms with E-state index in [-0.39, 0.29) is 29.8 Å². The molecular weight excluding hydrogens is 347 g/mol. The Hall–Kier alpha value is -2.60. The van der Waals surface area contributed by atoms with Gasteiger partial charge < -0.3 is 15.0 Å². The maximum Gasteiger partial charge on any atom is 0.229 e. The van der Waals surface area contributed by atoms with Crippen LogP contribution in [0.2, 0.25) is 5.02 Å². The zero-order valence-corrected chi connectivity index (χ0v) is 14.2. The first-order chi connectivity index (χ1) is 12.0. The zero-order chi connectivity index (χ0) is 18.0. The van der Waals surface area contributed by atoms with Gasteiger partial charge in [-0.2, -0.15) is 0 Å². The minimum Gasteiger partial charge on any atom is -0.495 e. The van der Waals surface area contributed by atoms with Crippen molar-refractivity contribution < 1.29 is 18.7 Å². The van der Waals surface area contributed by atoms with Crippen LogP contribution in [0.3, 0.4) is 0 Å². The average molecular weight is 363 g/mol. The molecule has 0 bridgehead atoms. The summed E-state index contributed by atoms with van der Waals surface area (Å²) >= 11 is 5.71. The summed E-state index contributed by atoms with van der Waals surface area (Å²) in [7, 11) is 1.53. The number of benzene rings is 2. The molecule has 5 nitrogen and oxygen atoms in total. The molecule has 2 aromatic carbocycles. The van der Waals surface area contributed by atoms with Crippen molar-refractivity contribution in [2.45, 2.75) is 6.42 Å². The lowest BCUT2D eigenvalue weighted by atomic mass is 10.1. The molecule has 0 aromatic heterocycles. The predicted octanol–water partition coefficient (Wildman–Crippen LogP) is 3.48. The topological polar surface area (TPSA) is 58.6 Å². The number of nitrogens with one attached hydrogen (secondary N) is 1. The summed E-state index contributed by atoms with van der Waals surface area (Å²) < 4.78 is 18.5. The lowest BCUT2D eigenvalue weighted by Gasteiger charge is -2.19. The quantitative estimate of drug-likeness (QED) is 0.905. The van der Waals surface area contributed by atoms with Gasteiger partial charge in [0.05, 0.1) is 23.7 Å². The van der Waals surface area contributed by atoms with Gasteiger partial charge in [0.25, 0.3) is 0 Å². The van der Waals surface area contributed by atoms with Crippen LogP contribution >= 0.6 is 11.6 Å². The molecule has 25 heavy (non-hydrogen) atoms. The number of nitrogens with zero attached hydrogens (tertiary/aromatic N) is 1. The molecule has 1 atom stereocenters.